The molecule has 4 heteroatoms. The van der Waals surface area contributed by atoms with E-state index < -0.39 is 0 Å². The van der Waals surface area contributed by atoms with Crippen LogP contribution in [0, 0.1) is 0 Å². The Balaban J connectivity index is 1.99. The largest absolute Gasteiger partial charge is 0.352 e. The van der Waals surface area contributed by atoms with Crippen LogP contribution >= 0.6 is 0 Å². The lowest BCUT2D eigenvalue weighted by Gasteiger charge is -2.40. The van der Waals surface area contributed by atoms with Gasteiger partial charge in [0.15, 0.2) is 0 Å². The molecule has 2 aliphatic rings. The highest BCUT2D eigenvalue weighted by Crippen LogP contribution is 2.33. The molecule has 0 aromatic rings. The van der Waals surface area contributed by atoms with E-state index in [0.717, 1.165) is 25.6 Å². The van der Waals surface area contributed by atoms with Crippen molar-refractivity contribution in [3.8, 4) is 0 Å². The van der Waals surface area contributed by atoms with Crippen LogP contribution in [-0.4, -0.2) is 42.0 Å². The summed E-state index contributed by atoms with van der Waals surface area (Å²) in [6.45, 7) is 3.32. The first-order chi connectivity index (χ1) is 8.22. The van der Waals surface area contributed by atoms with Crippen LogP contribution in [0.15, 0.2) is 0 Å². The van der Waals surface area contributed by atoms with Gasteiger partial charge in [0.1, 0.15) is 0 Å². The zero-order valence-electron chi connectivity index (χ0n) is 10.8. The van der Waals surface area contributed by atoms with Crippen LogP contribution in [0.3, 0.4) is 0 Å². The lowest BCUT2D eigenvalue weighted by molar-refractivity contribution is -0.120. The summed E-state index contributed by atoms with van der Waals surface area (Å²) in [5.41, 5.74) is 5.72. The second-order valence-electron chi connectivity index (χ2n) is 5.42. The Morgan fingerprint density at radius 1 is 1.29 bits per heavy atom. The maximum absolute atomic E-state index is 11.3. The highest BCUT2D eigenvalue weighted by Gasteiger charge is 2.38. The molecule has 1 amide bonds. The molecule has 2 aliphatic carbocycles. The third-order valence-corrected chi connectivity index (χ3v) is 3.95. The highest BCUT2D eigenvalue weighted by molar-refractivity contribution is 5.73. The first-order valence-electron chi connectivity index (χ1n) is 6.95. The monoisotopic (exact) mass is 239 g/mol. The van der Waals surface area contributed by atoms with E-state index in [4.69, 9.17) is 5.73 Å². The van der Waals surface area contributed by atoms with Gasteiger partial charge >= 0.3 is 0 Å². The fraction of sp³-hybridized carbons (Fsp3) is 0.923. The molecule has 2 atom stereocenters. The van der Waals surface area contributed by atoms with Crippen LogP contribution in [0.25, 0.3) is 0 Å². The van der Waals surface area contributed by atoms with Gasteiger partial charge in [0, 0.05) is 38.1 Å². The molecule has 0 unspecified atom stereocenters. The Kier molecular flexibility index (Phi) is 4.40. The quantitative estimate of drug-likeness (QED) is 0.748. The van der Waals surface area contributed by atoms with Gasteiger partial charge in [0.2, 0.25) is 5.91 Å². The lowest BCUT2D eigenvalue weighted by atomic mass is 9.88. The van der Waals surface area contributed by atoms with Crippen molar-refractivity contribution in [2.45, 2.75) is 63.6 Å². The zero-order valence-corrected chi connectivity index (χ0v) is 10.8. The van der Waals surface area contributed by atoms with E-state index in [1.165, 1.54) is 32.1 Å². The normalized spacial score (nSPS) is 29.4. The van der Waals surface area contributed by atoms with Crippen LogP contribution in [0.4, 0.5) is 0 Å². The van der Waals surface area contributed by atoms with Crippen molar-refractivity contribution < 1.29 is 4.79 Å². The highest BCUT2D eigenvalue weighted by atomic mass is 16.1. The average Bonchev–Trinajstić information content (AvgIpc) is 3.10. The van der Waals surface area contributed by atoms with Crippen LogP contribution < -0.4 is 11.1 Å². The third-order valence-electron chi connectivity index (χ3n) is 3.95. The number of hydrogen-bond acceptors (Lipinski definition) is 3. The van der Waals surface area contributed by atoms with E-state index in [0.29, 0.717) is 12.1 Å². The third kappa shape index (κ3) is 3.42. The molecule has 0 spiro atoms. The maximum Gasteiger partial charge on any atom is 0.217 e. The number of amides is 1. The minimum absolute atomic E-state index is 0.102. The van der Waals surface area contributed by atoms with Gasteiger partial charge in [0.05, 0.1) is 0 Å². The summed E-state index contributed by atoms with van der Waals surface area (Å²) in [5, 5.41) is 3.13. The molecule has 17 heavy (non-hydrogen) atoms. The van der Waals surface area contributed by atoms with E-state index in [1.54, 1.807) is 6.92 Å². The van der Waals surface area contributed by atoms with Gasteiger partial charge < -0.3 is 11.1 Å². The molecule has 0 bridgehead atoms. The average molecular weight is 239 g/mol. The first-order valence-corrected chi connectivity index (χ1v) is 6.95. The molecular weight excluding hydrogens is 214 g/mol. The van der Waals surface area contributed by atoms with Crippen molar-refractivity contribution in [1.82, 2.24) is 10.2 Å². The number of carbonyl (C=O) groups excluding carboxylic acids is 1. The van der Waals surface area contributed by atoms with Gasteiger partial charge in [0.25, 0.3) is 0 Å². The second-order valence-corrected chi connectivity index (χ2v) is 5.42. The molecule has 2 saturated carbocycles. The predicted octanol–water partition coefficient (Wildman–Crippen LogP) is 0.857. The molecule has 0 heterocycles. The minimum Gasteiger partial charge on any atom is -0.352 e. The van der Waals surface area contributed by atoms with Gasteiger partial charge in [-0.3, -0.25) is 9.69 Å². The maximum atomic E-state index is 11.3. The fourth-order valence-electron chi connectivity index (χ4n) is 3.11. The molecule has 98 valence electrons. The standard InChI is InChI=1S/C13H25N3O/c1-10(17)15-12-4-2-3-5-13(12)16(9-8-14)11-6-7-11/h11-13H,2-9,14H2,1H3,(H,15,17)/t12-,13-/m1/s1. The van der Waals surface area contributed by atoms with E-state index in [9.17, 15) is 4.79 Å². The zero-order chi connectivity index (χ0) is 12.3. The van der Waals surface area contributed by atoms with Crippen molar-refractivity contribution >= 4 is 5.91 Å². The summed E-state index contributed by atoms with van der Waals surface area (Å²) in [4.78, 5) is 13.8. The van der Waals surface area contributed by atoms with Crippen LogP contribution in [0.1, 0.15) is 45.4 Å². The first kappa shape index (κ1) is 12.8. The molecule has 2 rings (SSSR count). The van der Waals surface area contributed by atoms with Crippen LogP contribution in [-0.2, 0) is 4.79 Å². The van der Waals surface area contributed by atoms with E-state index in [1.807, 2.05) is 0 Å². The molecule has 0 saturated heterocycles. The number of hydrogen-bond donors (Lipinski definition) is 2. The SMILES string of the molecule is CC(=O)N[C@@H]1CCCC[C@H]1N(CCN)C1CC1. The lowest BCUT2D eigenvalue weighted by Crippen LogP contribution is -2.54. The van der Waals surface area contributed by atoms with Crippen LogP contribution in [0.5, 0.6) is 0 Å². The smallest absolute Gasteiger partial charge is 0.217 e. The number of nitrogens with one attached hydrogen (secondary N) is 1. The van der Waals surface area contributed by atoms with E-state index in [-0.39, 0.29) is 5.91 Å². The Bertz CT molecular complexity index is 265. The molecule has 0 aromatic heterocycles. The molecule has 0 radical (unpaired) electrons. The van der Waals surface area contributed by atoms with Crippen molar-refractivity contribution in [2.24, 2.45) is 5.73 Å². The summed E-state index contributed by atoms with van der Waals surface area (Å²) >= 11 is 0. The molecule has 2 fully saturated rings. The van der Waals surface area contributed by atoms with Gasteiger partial charge in [-0.1, -0.05) is 12.8 Å². The van der Waals surface area contributed by atoms with E-state index in [2.05, 4.69) is 10.2 Å². The molecule has 0 aliphatic heterocycles. The number of nitrogens with two attached hydrogens (primary N) is 1. The molecule has 3 N–H and O–H groups in total. The fourth-order valence-corrected chi connectivity index (χ4v) is 3.11. The minimum atomic E-state index is 0.102. The Morgan fingerprint density at radius 3 is 2.59 bits per heavy atom. The van der Waals surface area contributed by atoms with Crippen molar-refractivity contribution in [3.63, 3.8) is 0 Å². The predicted molar refractivity (Wildman–Crippen MR) is 68.6 cm³/mol. The van der Waals surface area contributed by atoms with Gasteiger partial charge in [-0.2, -0.15) is 0 Å². The molecular formula is C13H25N3O. The summed E-state index contributed by atoms with van der Waals surface area (Å²) in [6.07, 6.45) is 7.48. The summed E-state index contributed by atoms with van der Waals surface area (Å²) in [6, 6.07) is 1.59. The van der Waals surface area contributed by atoms with E-state index >= 15 is 0 Å². The Morgan fingerprint density at radius 2 is 2.00 bits per heavy atom. The summed E-state index contributed by atoms with van der Waals surface area (Å²) < 4.78 is 0. The number of rotatable bonds is 5. The molecule has 4 nitrogen and oxygen atoms in total. The topological polar surface area (TPSA) is 58.4 Å². The number of carbonyl (C=O) groups is 1. The molecule has 0 aromatic carbocycles. The van der Waals surface area contributed by atoms with Gasteiger partial charge in [-0.05, 0) is 25.7 Å². The van der Waals surface area contributed by atoms with Crippen molar-refractivity contribution in [1.29, 1.82) is 0 Å². The van der Waals surface area contributed by atoms with Gasteiger partial charge in [-0.15, -0.1) is 0 Å². The number of nitrogens with zero attached hydrogens (tertiary/aromatic N) is 1. The summed E-state index contributed by atoms with van der Waals surface area (Å²) in [5.74, 6) is 0.102. The second kappa shape index (κ2) is 5.83. The van der Waals surface area contributed by atoms with Crippen molar-refractivity contribution in [3.05, 3.63) is 0 Å². The summed E-state index contributed by atoms with van der Waals surface area (Å²) in [7, 11) is 0. The Hall–Kier alpha value is -0.610. The van der Waals surface area contributed by atoms with Crippen LogP contribution in [0.2, 0.25) is 0 Å². The van der Waals surface area contributed by atoms with Gasteiger partial charge in [-0.25, -0.2) is 0 Å². The Labute approximate surface area is 104 Å². The van der Waals surface area contributed by atoms with Crippen molar-refractivity contribution in [2.75, 3.05) is 13.1 Å².